The Morgan fingerprint density at radius 1 is 1.13 bits per heavy atom. The summed E-state index contributed by atoms with van der Waals surface area (Å²) in [6, 6.07) is 0. The molecule has 31 heavy (non-hydrogen) atoms. The number of fused-ring (bicyclic) bond motifs is 1. The highest BCUT2D eigenvalue weighted by Crippen LogP contribution is 2.60. The lowest BCUT2D eigenvalue weighted by Gasteiger charge is -2.44. The molecule has 2 nitrogen and oxygen atoms in total. The monoisotopic (exact) mass is 436 g/mol. The Kier molecular flexibility index (Phi) is 7.84. The first kappa shape index (κ1) is 24.6. The molecular formula is C27H42F2O2. The molecule has 0 saturated heterocycles. The fraction of sp³-hybridized carbons (Fsp3) is 0.778. The summed E-state index contributed by atoms with van der Waals surface area (Å²) in [7, 11) is 0. The molecular weight excluding hydrogens is 394 g/mol. The molecule has 0 radical (unpaired) electrons. The molecule has 0 aliphatic heterocycles. The van der Waals surface area contributed by atoms with Crippen molar-refractivity contribution in [3.8, 4) is 0 Å². The highest BCUT2D eigenvalue weighted by atomic mass is 19.3. The van der Waals surface area contributed by atoms with Crippen LogP contribution in [0, 0.1) is 29.1 Å². The van der Waals surface area contributed by atoms with Crippen molar-refractivity contribution in [3.05, 3.63) is 35.5 Å². The van der Waals surface area contributed by atoms with Crippen LogP contribution in [0.25, 0.3) is 0 Å². The molecule has 0 amide bonds. The maximum Gasteiger partial charge on any atom is 0.298 e. The van der Waals surface area contributed by atoms with Crippen molar-refractivity contribution in [2.45, 2.75) is 97.0 Å². The Balaban J connectivity index is 1.74. The van der Waals surface area contributed by atoms with E-state index in [-0.39, 0.29) is 24.0 Å². The number of halogens is 2. The van der Waals surface area contributed by atoms with Gasteiger partial charge in [-0.15, -0.1) is 0 Å². The third-order valence-electron chi connectivity index (χ3n) is 8.74. The van der Waals surface area contributed by atoms with Crippen LogP contribution < -0.4 is 0 Å². The second-order valence-corrected chi connectivity index (χ2v) is 10.9. The van der Waals surface area contributed by atoms with Crippen LogP contribution in [0.2, 0.25) is 0 Å². The zero-order valence-electron chi connectivity index (χ0n) is 19.7. The highest BCUT2D eigenvalue weighted by Gasteiger charge is 2.51. The Morgan fingerprint density at radius 3 is 2.58 bits per heavy atom. The summed E-state index contributed by atoms with van der Waals surface area (Å²) < 4.78 is 29.1. The molecule has 3 rings (SSSR count). The van der Waals surface area contributed by atoms with Crippen LogP contribution in [0.5, 0.6) is 0 Å². The maximum atomic E-state index is 14.6. The van der Waals surface area contributed by atoms with Crippen molar-refractivity contribution >= 4 is 0 Å². The topological polar surface area (TPSA) is 40.5 Å². The highest BCUT2D eigenvalue weighted by molar-refractivity contribution is 5.41. The molecule has 0 aromatic rings. The van der Waals surface area contributed by atoms with E-state index in [1.54, 1.807) is 6.08 Å². The average Bonchev–Trinajstić information content (AvgIpc) is 3.08. The van der Waals surface area contributed by atoms with E-state index in [9.17, 15) is 19.0 Å². The van der Waals surface area contributed by atoms with Gasteiger partial charge in [0, 0.05) is 12.2 Å². The molecule has 3 aliphatic rings. The standard InChI is InChI=1S/C27H42F2O2/c1-18(17-30)7-5-8-19(2)22-13-14-24-21(9-6-16-26(22,24)4)11-12-23-20(3)10-15-25(31)27(23,28)29/h11-12,18-19,22,24-25,30-31H,3,5-10,13-17H2,1-2,4H3/b21-11?,23-12+/t18?,19-,22-,24?,25+,26-/m1/s1. The van der Waals surface area contributed by atoms with Crippen molar-refractivity contribution in [1.82, 2.24) is 0 Å². The van der Waals surface area contributed by atoms with E-state index in [1.807, 2.05) is 6.08 Å². The third kappa shape index (κ3) is 5.00. The van der Waals surface area contributed by atoms with Gasteiger partial charge in [-0.1, -0.05) is 57.9 Å². The van der Waals surface area contributed by atoms with E-state index in [2.05, 4.69) is 27.4 Å². The summed E-state index contributed by atoms with van der Waals surface area (Å²) in [6.07, 6.45) is 11.5. The Bertz CT molecular complexity index is 710. The predicted octanol–water partition coefficient (Wildman–Crippen LogP) is 6.84. The number of aliphatic hydroxyl groups excluding tert-OH is 2. The molecule has 3 aliphatic carbocycles. The van der Waals surface area contributed by atoms with Crippen LogP contribution in [0.15, 0.2) is 35.5 Å². The Labute approximate surface area is 187 Å². The minimum absolute atomic E-state index is 0.0769. The summed E-state index contributed by atoms with van der Waals surface area (Å²) in [5, 5.41) is 19.1. The first-order chi connectivity index (χ1) is 14.6. The van der Waals surface area contributed by atoms with Crippen LogP contribution >= 0.6 is 0 Å². The van der Waals surface area contributed by atoms with Gasteiger partial charge in [-0.2, -0.15) is 8.78 Å². The lowest BCUT2D eigenvalue weighted by atomic mass is 9.60. The van der Waals surface area contributed by atoms with Crippen LogP contribution in [0.1, 0.15) is 85.0 Å². The molecule has 0 heterocycles. The second kappa shape index (κ2) is 9.87. The average molecular weight is 437 g/mol. The van der Waals surface area contributed by atoms with Gasteiger partial charge in [0.15, 0.2) is 0 Å². The van der Waals surface area contributed by atoms with Crippen molar-refractivity contribution < 1.29 is 19.0 Å². The van der Waals surface area contributed by atoms with Gasteiger partial charge in [-0.25, -0.2) is 0 Å². The van der Waals surface area contributed by atoms with Gasteiger partial charge >= 0.3 is 0 Å². The van der Waals surface area contributed by atoms with Gasteiger partial charge in [0.05, 0.1) is 0 Å². The summed E-state index contributed by atoms with van der Waals surface area (Å²) >= 11 is 0. The third-order valence-corrected chi connectivity index (χ3v) is 8.74. The van der Waals surface area contributed by atoms with Gasteiger partial charge in [0.2, 0.25) is 0 Å². The molecule has 176 valence electrons. The summed E-state index contributed by atoms with van der Waals surface area (Å²) in [4.78, 5) is 0. The molecule has 0 aromatic carbocycles. The Morgan fingerprint density at radius 2 is 1.87 bits per heavy atom. The number of alkyl halides is 2. The quantitative estimate of drug-likeness (QED) is 0.459. The van der Waals surface area contributed by atoms with Crippen LogP contribution in [-0.4, -0.2) is 28.8 Å². The molecule has 3 fully saturated rings. The zero-order valence-corrected chi connectivity index (χ0v) is 19.7. The number of allylic oxidation sites excluding steroid dienone is 4. The van der Waals surface area contributed by atoms with E-state index >= 15 is 0 Å². The molecule has 6 atom stereocenters. The predicted molar refractivity (Wildman–Crippen MR) is 123 cm³/mol. The fourth-order valence-corrected chi connectivity index (χ4v) is 6.76. The van der Waals surface area contributed by atoms with Crippen LogP contribution in [-0.2, 0) is 0 Å². The molecule has 3 saturated carbocycles. The molecule has 2 unspecified atom stereocenters. The summed E-state index contributed by atoms with van der Waals surface area (Å²) in [5.41, 5.74) is 1.94. The van der Waals surface area contributed by atoms with Gasteiger partial charge < -0.3 is 10.2 Å². The van der Waals surface area contributed by atoms with E-state index < -0.39 is 12.0 Å². The number of hydrogen-bond donors (Lipinski definition) is 2. The van der Waals surface area contributed by atoms with E-state index in [1.165, 1.54) is 24.8 Å². The SMILES string of the molecule is C=C1CC[C@H](O)C(F)(F)/C1=C/C=C1CCC[C@@]2(C)C1CC[C@@H]2[C@H](C)CCCC(C)CO. The number of aliphatic hydroxyl groups is 2. The molecule has 0 bridgehead atoms. The largest absolute Gasteiger partial charge is 0.396 e. The summed E-state index contributed by atoms with van der Waals surface area (Å²) in [6.45, 7) is 11.0. The van der Waals surface area contributed by atoms with Crippen molar-refractivity contribution in [3.63, 3.8) is 0 Å². The number of hydrogen-bond acceptors (Lipinski definition) is 2. The van der Waals surface area contributed by atoms with Gasteiger partial charge in [-0.05, 0) is 86.0 Å². The smallest absolute Gasteiger partial charge is 0.298 e. The minimum atomic E-state index is -3.21. The van der Waals surface area contributed by atoms with Gasteiger partial charge in [0.25, 0.3) is 5.92 Å². The number of rotatable bonds is 7. The molecule has 2 N–H and O–H groups in total. The molecule has 4 heteroatoms. The van der Waals surface area contributed by atoms with Gasteiger partial charge in [-0.3, -0.25) is 0 Å². The summed E-state index contributed by atoms with van der Waals surface area (Å²) in [5.74, 6) is -1.04. The van der Waals surface area contributed by atoms with Crippen molar-refractivity contribution in [2.75, 3.05) is 6.61 Å². The van der Waals surface area contributed by atoms with Crippen LogP contribution in [0.3, 0.4) is 0 Å². The Hall–Kier alpha value is -1.00. The first-order valence-electron chi connectivity index (χ1n) is 12.4. The zero-order chi connectivity index (χ0) is 22.8. The van der Waals surface area contributed by atoms with E-state index in [0.717, 1.165) is 32.1 Å². The lowest BCUT2D eigenvalue weighted by molar-refractivity contribution is -0.0868. The molecule has 0 spiro atoms. The van der Waals surface area contributed by atoms with E-state index in [0.29, 0.717) is 35.7 Å². The fourth-order valence-electron chi connectivity index (χ4n) is 6.76. The second-order valence-electron chi connectivity index (χ2n) is 10.9. The van der Waals surface area contributed by atoms with Crippen molar-refractivity contribution in [1.29, 1.82) is 0 Å². The van der Waals surface area contributed by atoms with Gasteiger partial charge in [0.1, 0.15) is 6.10 Å². The lowest BCUT2D eigenvalue weighted by Crippen LogP contribution is -2.39. The first-order valence-corrected chi connectivity index (χ1v) is 12.4. The van der Waals surface area contributed by atoms with Crippen LogP contribution in [0.4, 0.5) is 8.78 Å². The molecule has 0 aromatic heterocycles. The van der Waals surface area contributed by atoms with E-state index in [4.69, 9.17) is 0 Å². The normalized spacial score (nSPS) is 37.8. The van der Waals surface area contributed by atoms with Crippen molar-refractivity contribution in [2.24, 2.45) is 29.1 Å². The minimum Gasteiger partial charge on any atom is -0.396 e. The maximum absolute atomic E-state index is 14.6.